The highest BCUT2D eigenvalue weighted by molar-refractivity contribution is 14.1. The highest BCUT2D eigenvalue weighted by Gasteiger charge is 2.28. The number of hydrogen-bond donors (Lipinski definition) is 0. The molecular weight excluding hydrogens is 453 g/mol. The molecule has 2 rings (SSSR count). The maximum atomic E-state index is 12.8. The molecule has 0 saturated carbocycles. The molecule has 6 heteroatoms. The Bertz CT molecular complexity index is 480. The molecule has 1 aromatic carbocycles. The highest BCUT2D eigenvalue weighted by atomic mass is 127. The minimum absolute atomic E-state index is 0.0972. The first-order valence-corrected chi connectivity index (χ1v) is 9.49. The van der Waals surface area contributed by atoms with Crippen molar-refractivity contribution < 1.29 is 9.53 Å². The molecule has 1 aliphatic rings. The van der Waals surface area contributed by atoms with E-state index >= 15 is 0 Å². The third kappa shape index (κ3) is 4.11. The highest BCUT2D eigenvalue weighted by Crippen LogP contribution is 2.26. The first-order valence-electron chi connectivity index (χ1n) is 6.46. The molecule has 3 nitrogen and oxygen atoms in total. The maximum Gasteiger partial charge on any atom is 0.255 e. The molecule has 1 amide bonds. The Kier molecular flexibility index (Phi) is 6.64. The van der Waals surface area contributed by atoms with Crippen LogP contribution >= 0.6 is 50.3 Å². The number of nitrogens with zero attached hydrogens (tertiary/aromatic N) is 1. The standard InChI is InChI=1S/C14H17BrINO2S/c1-19-6-5-17(11-4-7-20-9-11)14(18)12-8-10(16)2-3-13(12)15/h2-3,8,11H,4-7,9H2,1H3. The summed E-state index contributed by atoms with van der Waals surface area (Å²) in [5.41, 5.74) is 0.741. The van der Waals surface area contributed by atoms with E-state index in [1.807, 2.05) is 34.9 Å². The molecule has 1 saturated heterocycles. The van der Waals surface area contributed by atoms with Gasteiger partial charge in [0.25, 0.3) is 5.91 Å². The molecule has 0 spiro atoms. The molecule has 1 fully saturated rings. The maximum absolute atomic E-state index is 12.8. The Hall–Kier alpha value is 0.210. The van der Waals surface area contributed by atoms with Gasteiger partial charge in [0.2, 0.25) is 0 Å². The first-order chi connectivity index (χ1) is 9.63. The van der Waals surface area contributed by atoms with Crippen LogP contribution in [0.15, 0.2) is 22.7 Å². The van der Waals surface area contributed by atoms with Crippen LogP contribution in [0.25, 0.3) is 0 Å². The van der Waals surface area contributed by atoms with Crippen molar-refractivity contribution in [3.8, 4) is 0 Å². The van der Waals surface area contributed by atoms with Crippen LogP contribution in [-0.2, 0) is 4.74 Å². The molecule has 1 heterocycles. The predicted octanol–water partition coefficient (Wildman–Crippen LogP) is 3.65. The summed E-state index contributed by atoms with van der Waals surface area (Å²) in [7, 11) is 1.67. The van der Waals surface area contributed by atoms with Crippen LogP contribution in [-0.4, -0.2) is 48.6 Å². The molecule has 1 aliphatic heterocycles. The largest absolute Gasteiger partial charge is 0.383 e. The van der Waals surface area contributed by atoms with Crippen LogP contribution in [0, 0.1) is 3.57 Å². The number of halogens is 2. The normalized spacial score (nSPS) is 18.2. The lowest BCUT2D eigenvalue weighted by Gasteiger charge is -2.29. The van der Waals surface area contributed by atoms with E-state index in [0.29, 0.717) is 19.2 Å². The summed E-state index contributed by atoms with van der Waals surface area (Å²) < 4.78 is 7.09. The third-order valence-electron chi connectivity index (χ3n) is 3.30. The van der Waals surface area contributed by atoms with Gasteiger partial charge in [-0.25, -0.2) is 0 Å². The molecule has 0 N–H and O–H groups in total. The van der Waals surface area contributed by atoms with E-state index in [0.717, 1.165) is 31.5 Å². The minimum atomic E-state index is 0.0972. The smallest absolute Gasteiger partial charge is 0.255 e. The van der Waals surface area contributed by atoms with Gasteiger partial charge in [-0.15, -0.1) is 0 Å². The molecule has 1 aromatic rings. The lowest BCUT2D eigenvalue weighted by Crippen LogP contribution is -2.42. The van der Waals surface area contributed by atoms with Gasteiger partial charge in [0.15, 0.2) is 0 Å². The quantitative estimate of drug-likeness (QED) is 0.616. The van der Waals surface area contributed by atoms with Crippen molar-refractivity contribution >= 4 is 56.2 Å². The number of thioether (sulfide) groups is 1. The fraction of sp³-hybridized carbons (Fsp3) is 0.500. The molecule has 110 valence electrons. The van der Waals surface area contributed by atoms with Gasteiger partial charge in [-0.05, 0) is 68.9 Å². The zero-order valence-electron chi connectivity index (χ0n) is 11.3. The zero-order chi connectivity index (χ0) is 14.5. The Labute approximate surface area is 146 Å². The van der Waals surface area contributed by atoms with Crippen LogP contribution in [0.2, 0.25) is 0 Å². The summed E-state index contributed by atoms with van der Waals surface area (Å²) in [6.45, 7) is 1.23. The van der Waals surface area contributed by atoms with Gasteiger partial charge in [0.1, 0.15) is 0 Å². The SMILES string of the molecule is COCCN(C(=O)c1cc(I)ccc1Br)C1CCSC1. The average molecular weight is 470 g/mol. The lowest BCUT2D eigenvalue weighted by atomic mass is 10.1. The Morgan fingerprint density at radius 3 is 3.05 bits per heavy atom. The predicted molar refractivity (Wildman–Crippen MR) is 95.5 cm³/mol. The van der Waals surface area contributed by atoms with Crippen LogP contribution < -0.4 is 0 Å². The molecule has 1 atom stereocenters. The van der Waals surface area contributed by atoms with Crippen molar-refractivity contribution in [2.45, 2.75) is 12.5 Å². The van der Waals surface area contributed by atoms with E-state index in [4.69, 9.17) is 4.74 Å². The van der Waals surface area contributed by atoms with Crippen LogP contribution in [0.1, 0.15) is 16.8 Å². The number of benzene rings is 1. The second-order valence-electron chi connectivity index (χ2n) is 4.63. The molecule has 0 aliphatic carbocycles. The molecule has 1 unspecified atom stereocenters. The van der Waals surface area contributed by atoms with Crippen molar-refractivity contribution in [1.29, 1.82) is 0 Å². The van der Waals surface area contributed by atoms with Gasteiger partial charge in [0.05, 0.1) is 12.2 Å². The summed E-state index contributed by atoms with van der Waals surface area (Å²) >= 11 is 7.64. The first kappa shape index (κ1) is 16.6. The summed E-state index contributed by atoms with van der Waals surface area (Å²) in [5, 5.41) is 0. The Balaban J connectivity index is 2.22. The fourth-order valence-corrected chi connectivity index (χ4v) is 4.36. The van der Waals surface area contributed by atoms with Crippen molar-refractivity contribution in [1.82, 2.24) is 4.90 Å². The van der Waals surface area contributed by atoms with E-state index in [1.54, 1.807) is 7.11 Å². The third-order valence-corrected chi connectivity index (χ3v) is 5.81. The average Bonchev–Trinajstić information content (AvgIpc) is 2.95. The van der Waals surface area contributed by atoms with Gasteiger partial charge >= 0.3 is 0 Å². The van der Waals surface area contributed by atoms with Crippen LogP contribution in [0.3, 0.4) is 0 Å². The Morgan fingerprint density at radius 1 is 1.60 bits per heavy atom. The van der Waals surface area contributed by atoms with Gasteiger partial charge in [-0.1, -0.05) is 0 Å². The van der Waals surface area contributed by atoms with Crippen molar-refractivity contribution in [3.05, 3.63) is 31.8 Å². The minimum Gasteiger partial charge on any atom is -0.383 e. The number of methoxy groups -OCH3 is 1. The number of amides is 1. The molecule has 20 heavy (non-hydrogen) atoms. The van der Waals surface area contributed by atoms with Crippen LogP contribution in [0.4, 0.5) is 0 Å². The second-order valence-corrected chi connectivity index (χ2v) is 7.88. The number of hydrogen-bond acceptors (Lipinski definition) is 3. The molecule has 0 bridgehead atoms. The van der Waals surface area contributed by atoms with E-state index in [2.05, 4.69) is 38.5 Å². The molecule has 0 aromatic heterocycles. The summed E-state index contributed by atoms with van der Waals surface area (Å²) in [5.74, 6) is 2.26. The topological polar surface area (TPSA) is 29.5 Å². The monoisotopic (exact) mass is 469 g/mol. The van der Waals surface area contributed by atoms with Crippen molar-refractivity contribution in [3.63, 3.8) is 0 Å². The number of rotatable bonds is 5. The number of ether oxygens (including phenoxy) is 1. The van der Waals surface area contributed by atoms with E-state index < -0.39 is 0 Å². The molecule has 0 radical (unpaired) electrons. The summed E-state index contributed by atoms with van der Waals surface area (Å²) in [4.78, 5) is 14.8. The van der Waals surface area contributed by atoms with Gasteiger partial charge in [-0.3, -0.25) is 4.79 Å². The second kappa shape index (κ2) is 8.00. The van der Waals surface area contributed by atoms with Crippen molar-refractivity contribution in [2.24, 2.45) is 0 Å². The number of carbonyl (C=O) groups excluding carboxylic acids is 1. The zero-order valence-corrected chi connectivity index (χ0v) is 15.8. The Morgan fingerprint density at radius 2 is 2.40 bits per heavy atom. The van der Waals surface area contributed by atoms with E-state index in [-0.39, 0.29) is 5.91 Å². The lowest BCUT2D eigenvalue weighted by molar-refractivity contribution is 0.0623. The van der Waals surface area contributed by atoms with Gasteiger partial charge < -0.3 is 9.64 Å². The van der Waals surface area contributed by atoms with Crippen molar-refractivity contribution in [2.75, 3.05) is 31.8 Å². The summed E-state index contributed by atoms with van der Waals surface area (Å²) in [6.07, 6.45) is 1.07. The van der Waals surface area contributed by atoms with Gasteiger partial charge in [-0.2, -0.15) is 11.8 Å². The summed E-state index contributed by atoms with van der Waals surface area (Å²) in [6, 6.07) is 6.20. The van der Waals surface area contributed by atoms with E-state index in [1.165, 1.54) is 0 Å². The van der Waals surface area contributed by atoms with Crippen LogP contribution in [0.5, 0.6) is 0 Å². The van der Waals surface area contributed by atoms with E-state index in [9.17, 15) is 4.79 Å². The van der Waals surface area contributed by atoms with Gasteiger partial charge in [0, 0.05) is 33.5 Å². The molecular formula is C14H17BrINO2S. The fourth-order valence-electron chi connectivity index (χ4n) is 2.22. The number of carbonyl (C=O) groups is 1.